The van der Waals surface area contributed by atoms with E-state index in [0.29, 0.717) is 23.6 Å². The van der Waals surface area contributed by atoms with Crippen LogP contribution in [-0.2, 0) is 10.0 Å². The summed E-state index contributed by atoms with van der Waals surface area (Å²) >= 11 is 0. The van der Waals surface area contributed by atoms with Crippen molar-refractivity contribution in [3.8, 4) is 0 Å². The summed E-state index contributed by atoms with van der Waals surface area (Å²) in [6, 6.07) is 4.92. The molecule has 1 unspecified atom stereocenters. The minimum atomic E-state index is -3.61. The van der Waals surface area contributed by atoms with Gasteiger partial charge in [-0.25, -0.2) is 13.1 Å². The second-order valence-electron chi connectivity index (χ2n) is 7.84. The lowest BCUT2D eigenvalue weighted by Gasteiger charge is -2.22. The van der Waals surface area contributed by atoms with E-state index in [1.54, 1.807) is 19.1 Å². The molecule has 0 bridgehead atoms. The Morgan fingerprint density at radius 1 is 1.18 bits per heavy atom. The monoisotopic (exact) mass is 429 g/mol. The quantitative estimate of drug-likeness (QED) is 0.621. The van der Waals surface area contributed by atoms with Crippen LogP contribution in [0.1, 0.15) is 60.9 Å². The van der Waals surface area contributed by atoms with Crippen molar-refractivity contribution >= 4 is 28.3 Å². The number of aryl methyl sites for hydroxylation is 1. The Balaban J connectivity index is 0.00000280. The largest absolute Gasteiger partial charge is 0.352 e. The molecule has 1 heterocycles. The lowest BCUT2D eigenvalue weighted by Crippen LogP contribution is -2.34. The Labute approximate surface area is 174 Å². The van der Waals surface area contributed by atoms with E-state index in [-0.39, 0.29) is 29.3 Å². The molecule has 1 aliphatic heterocycles. The van der Waals surface area contributed by atoms with Gasteiger partial charge in [0.25, 0.3) is 5.91 Å². The van der Waals surface area contributed by atoms with Crippen molar-refractivity contribution in [2.45, 2.75) is 62.8 Å². The number of benzene rings is 1. The van der Waals surface area contributed by atoms with Crippen LogP contribution < -0.4 is 15.4 Å². The lowest BCUT2D eigenvalue weighted by atomic mass is 9.96. The van der Waals surface area contributed by atoms with Gasteiger partial charge in [-0.2, -0.15) is 0 Å². The first kappa shape index (κ1) is 23.1. The number of sulfonamides is 1. The lowest BCUT2D eigenvalue weighted by molar-refractivity contribution is 0.0950. The molecule has 158 valence electrons. The summed E-state index contributed by atoms with van der Waals surface area (Å²) in [5.41, 5.74) is 1.06. The van der Waals surface area contributed by atoms with Crippen molar-refractivity contribution in [3.63, 3.8) is 0 Å². The number of halogens is 1. The zero-order valence-electron chi connectivity index (χ0n) is 16.5. The number of nitrogens with one attached hydrogen (secondary N) is 3. The highest BCUT2D eigenvalue weighted by molar-refractivity contribution is 7.89. The van der Waals surface area contributed by atoms with Crippen molar-refractivity contribution < 1.29 is 13.2 Å². The Bertz CT molecular complexity index is 758. The molecule has 3 N–H and O–H groups in total. The molecule has 1 atom stereocenters. The van der Waals surface area contributed by atoms with Gasteiger partial charge < -0.3 is 10.6 Å². The number of hydrogen-bond donors (Lipinski definition) is 3. The number of amides is 1. The van der Waals surface area contributed by atoms with Crippen LogP contribution >= 0.6 is 12.4 Å². The number of piperidine rings is 1. The maximum absolute atomic E-state index is 12.8. The summed E-state index contributed by atoms with van der Waals surface area (Å²) in [4.78, 5) is 12.7. The second kappa shape index (κ2) is 10.6. The molecule has 0 aromatic heterocycles. The first-order valence-corrected chi connectivity index (χ1v) is 11.6. The highest BCUT2D eigenvalue weighted by Crippen LogP contribution is 2.23. The number of carbonyl (C=O) groups excluding carboxylic acids is 1. The van der Waals surface area contributed by atoms with Crippen LogP contribution in [0.3, 0.4) is 0 Å². The van der Waals surface area contributed by atoms with Crippen LogP contribution in [-0.4, -0.2) is 40.0 Å². The van der Waals surface area contributed by atoms with E-state index in [9.17, 15) is 13.2 Å². The molecule has 1 aromatic carbocycles. The number of hydrogen-bond acceptors (Lipinski definition) is 4. The molecular formula is C20H32ClN3O3S. The van der Waals surface area contributed by atoms with E-state index in [1.807, 2.05) is 0 Å². The van der Waals surface area contributed by atoms with Gasteiger partial charge >= 0.3 is 0 Å². The highest BCUT2D eigenvalue weighted by atomic mass is 35.5. The molecule has 3 rings (SSSR count). The topological polar surface area (TPSA) is 87.3 Å². The molecule has 28 heavy (non-hydrogen) atoms. The fourth-order valence-corrected chi connectivity index (χ4v) is 5.60. The smallest absolute Gasteiger partial charge is 0.251 e. The molecule has 1 saturated carbocycles. The predicted molar refractivity (Wildman–Crippen MR) is 114 cm³/mol. The second-order valence-corrected chi connectivity index (χ2v) is 9.52. The maximum Gasteiger partial charge on any atom is 0.251 e. The van der Waals surface area contributed by atoms with Crippen molar-refractivity contribution in [2.75, 3.05) is 19.6 Å². The molecule has 2 fully saturated rings. The van der Waals surface area contributed by atoms with Gasteiger partial charge in [-0.15, -0.1) is 12.4 Å². The molecule has 6 nitrogen and oxygen atoms in total. The summed E-state index contributed by atoms with van der Waals surface area (Å²) in [5, 5.41) is 6.31. The third-order valence-electron chi connectivity index (χ3n) is 5.65. The van der Waals surface area contributed by atoms with Crippen LogP contribution in [0.25, 0.3) is 0 Å². The van der Waals surface area contributed by atoms with Crippen LogP contribution in [0.5, 0.6) is 0 Å². The Morgan fingerprint density at radius 3 is 2.61 bits per heavy atom. The molecule has 2 aliphatic rings. The summed E-state index contributed by atoms with van der Waals surface area (Å²) in [5.74, 6) is 0.389. The minimum Gasteiger partial charge on any atom is -0.352 e. The van der Waals surface area contributed by atoms with E-state index in [4.69, 9.17) is 0 Å². The van der Waals surface area contributed by atoms with E-state index < -0.39 is 10.0 Å². The molecule has 1 saturated heterocycles. The van der Waals surface area contributed by atoms with E-state index in [1.165, 1.54) is 18.9 Å². The third-order valence-corrected chi connectivity index (χ3v) is 7.32. The van der Waals surface area contributed by atoms with Gasteiger partial charge in [0.15, 0.2) is 0 Å². The predicted octanol–water partition coefficient (Wildman–Crippen LogP) is 2.76. The fourth-order valence-electron chi connectivity index (χ4n) is 4.02. The third kappa shape index (κ3) is 6.17. The number of carbonyl (C=O) groups is 1. The van der Waals surface area contributed by atoms with Crippen molar-refractivity contribution in [2.24, 2.45) is 5.92 Å². The van der Waals surface area contributed by atoms with Crippen molar-refractivity contribution in [1.82, 2.24) is 15.4 Å². The van der Waals surface area contributed by atoms with Gasteiger partial charge in [-0.3, -0.25) is 4.79 Å². The minimum absolute atomic E-state index is 0. The first-order valence-electron chi connectivity index (χ1n) is 10.1. The molecule has 1 amide bonds. The average molecular weight is 430 g/mol. The zero-order chi connectivity index (χ0) is 19.3. The van der Waals surface area contributed by atoms with Gasteiger partial charge in [-0.1, -0.05) is 18.9 Å². The summed E-state index contributed by atoms with van der Waals surface area (Å²) in [7, 11) is -3.61. The average Bonchev–Trinajstić information content (AvgIpc) is 3.15. The van der Waals surface area contributed by atoms with Gasteiger partial charge in [0.2, 0.25) is 10.0 Å². The maximum atomic E-state index is 12.8. The summed E-state index contributed by atoms with van der Waals surface area (Å²) < 4.78 is 28.3. The Morgan fingerprint density at radius 2 is 1.93 bits per heavy atom. The molecule has 1 aliphatic carbocycles. The molecule has 0 spiro atoms. The van der Waals surface area contributed by atoms with E-state index >= 15 is 0 Å². The molecule has 8 heteroatoms. The molecule has 1 aromatic rings. The van der Waals surface area contributed by atoms with E-state index in [2.05, 4.69) is 15.4 Å². The van der Waals surface area contributed by atoms with Gasteiger partial charge in [0, 0.05) is 18.2 Å². The van der Waals surface area contributed by atoms with Crippen molar-refractivity contribution in [3.05, 3.63) is 29.3 Å². The van der Waals surface area contributed by atoms with Crippen molar-refractivity contribution in [1.29, 1.82) is 0 Å². The Kier molecular flexibility index (Phi) is 8.74. The van der Waals surface area contributed by atoms with Gasteiger partial charge in [0.1, 0.15) is 0 Å². The van der Waals surface area contributed by atoms with Gasteiger partial charge in [0.05, 0.1) is 4.90 Å². The zero-order valence-corrected chi connectivity index (χ0v) is 18.1. The van der Waals surface area contributed by atoms with Crippen LogP contribution in [0.4, 0.5) is 0 Å². The molecule has 0 radical (unpaired) electrons. The summed E-state index contributed by atoms with van der Waals surface area (Å²) in [6.45, 7) is 4.47. The van der Waals surface area contributed by atoms with E-state index in [0.717, 1.165) is 45.2 Å². The summed E-state index contributed by atoms with van der Waals surface area (Å²) in [6.07, 6.45) is 7.21. The van der Waals surface area contributed by atoms with Gasteiger partial charge in [-0.05, 0) is 75.7 Å². The highest BCUT2D eigenvalue weighted by Gasteiger charge is 2.25. The fraction of sp³-hybridized carbons (Fsp3) is 0.650. The molecular weight excluding hydrogens is 398 g/mol. The van der Waals surface area contributed by atoms with Crippen LogP contribution in [0.15, 0.2) is 23.1 Å². The Hall–Kier alpha value is -1.15. The first-order chi connectivity index (χ1) is 13.0. The standard InChI is InChI=1S/C20H31N3O3S.ClH/c1-15-8-9-17(20(24)22-12-10-16-5-4-11-21-14-16)13-19(15)27(25,26)23-18-6-2-3-7-18;/h8-9,13,16,18,21,23H,2-7,10-12,14H2,1H3,(H,22,24);1H. The SMILES string of the molecule is Cc1ccc(C(=O)NCCC2CCCNC2)cc1S(=O)(=O)NC1CCCC1.Cl. The number of rotatable bonds is 7. The van der Waals surface area contributed by atoms with Crippen LogP contribution in [0.2, 0.25) is 0 Å². The van der Waals surface area contributed by atoms with Crippen LogP contribution in [0, 0.1) is 12.8 Å². The normalized spacial score (nSPS) is 20.5.